The van der Waals surface area contributed by atoms with E-state index < -0.39 is 5.97 Å². The predicted octanol–water partition coefficient (Wildman–Crippen LogP) is 3.08. The summed E-state index contributed by atoms with van der Waals surface area (Å²) in [5.41, 5.74) is 2.11. The molecule has 1 aromatic heterocycles. The number of nitrogens with one attached hydrogen (secondary N) is 1. The van der Waals surface area contributed by atoms with Gasteiger partial charge in [0.15, 0.2) is 5.69 Å². The lowest BCUT2D eigenvalue weighted by Gasteiger charge is -2.10. The van der Waals surface area contributed by atoms with Crippen molar-refractivity contribution in [3.63, 3.8) is 0 Å². The molecule has 0 unspecified atom stereocenters. The quantitative estimate of drug-likeness (QED) is 0.880. The molecule has 0 amide bonds. The molecule has 0 atom stereocenters. The first-order valence-electron chi connectivity index (χ1n) is 5.54. The van der Waals surface area contributed by atoms with Crippen LogP contribution in [-0.4, -0.2) is 23.0 Å². The third-order valence-corrected chi connectivity index (χ3v) is 3.42. The maximum absolute atomic E-state index is 11.4. The van der Waals surface area contributed by atoms with Crippen LogP contribution in [0.25, 0.3) is 0 Å². The van der Waals surface area contributed by atoms with E-state index in [-0.39, 0.29) is 5.69 Å². The first kappa shape index (κ1) is 13.5. The third kappa shape index (κ3) is 3.08. The maximum atomic E-state index is 11.4. The van der Waals surface area contributed by atoms with Crippen molar-refractivity contribution in [2.24, 2.45) is 0 Å². The minimum Gasteiger partial charge on any atom is -0.464 e. The average molecular weight is 322 g/mol. The van der Waals surface area contributed by atoms with Crippen LogP contribution in [0.3, 0.4) is 0 Å². The van der Waals surface area contributed by atoms with Gasteiger partial charge in [-0.05, 0) is 24.6 Å². The van der Waals surface area contributed by atoms with Gasteiger partial charge in [0.25, 0.3) is 0 Å². The van der Waals surface area contributed by atoms with Crippen molar-refractivity contribution in [3.8, 4) is 0 Å². The van der Waals surface area contributed by atoms with Crippen LogP contribution in [-0.2, 0) is 4.74 Å². The fourth-order valence-electron chi connectivity index (χ4n) is 1.51. The topological polar surface area (TPSA) is 64.1 Å². The maximum Gasteiger partial charge on any atom is 0.358 e. The predicted molar refractivity (Wildman–Crippen MR) is 75.5 cm³/mol. The van der Waals surface area contributed by atoms with Gasteiger partial charge in [-0.25, -0.2) is 9.78 Å². The Bertz CT molecular complexity index is 617. The minimum atomic E-state index is -0.512. The summed E-state index contributed by atoms with van der Waals surface area (Å²) >= 11 is 3.46. The lowest BCUT2D eigenvalue weighted by atomic mass is 10.2. The summed E-state index contributed by atoms with van der Waals surface area (Å²) in [5.74, 6) is -0.0220. The second kappa shape index (κ2) is 5.79. The number of carbonyl (C=O) groups excluding carboxylic acids is 1. The molecule has 1 aromatic carbocycles. The molecule has 5 nitrogen and oxygen atoms in total. The van der Waals surface area contributed by atoms with Crippen LogP contribution in [0.15, 0.2) is 35.1 Å². The van der Waals surface area contributed by atoms with E-state index in [2.05, 4.69) is 36.0 Å². The number of aromatic nitrogens is 2. The highest BCUT2D eigenvalue weighted by Gasteiger charge is 2.09. The van der Waals surface area contributed by atoms with Crippen LogP contribution in [0.2, 0.25) is 0 Å². The van der Waals surface area contributed by atoms with Gasteiger partial charge in [0.2, 0.25) is 0 Å². The van der Waals surface area contributed by atoms with E-state index >= 15 is 0 Å². The molecule has 0 aliphatic heterocycles. The molecule has 0 spiro atoms. The Kier molecular flexibility index (Phi) is 4.11. The number of hydrogen-bond donors (Lipinski definition) is 1. The van der Waals surface area contributed by atoms with Crippen molar-refractivity contribution in [3.05, 3.63) is 46.3 Å². The highest BCUT2D eigenvalue weighted by molar-refractivity contribution is 9.10. The zero-order chi connectivity index (χ0) is 13.8. The second-order valence-electron chi connectivity index (χ2n) is 3.82. The molecular weight excluding hydrogens is 310 g/mol. The number of methoxy groups -OCH3 is 1. The summed E-state index contributed by atoms with van der Waals surface area (Å²) in [4.78, 5) is 19.5. The van der Waals surface area contributed by atoms with Gasteiger partial charge in [0.1, 0.15) is 5.82 Å². The molecule has 0 bridgehead atoms. The van der Waals surface area contributed by atoms with E-state index in [4.69, 9.17) is 0 Å². The number of rotatable bonds is 3. The summed E-state index contributed by atoms with van der Waals surface area (Å²) < 4.78 is 5.60. The van der Waals surface area contributed by atoms with Crippen molar-refractivity contribution in [1.29, 1.82) is 0 Å². The summed E-state index contributed by atoms with van der Waals surface area (Å²) in [7, 11) is 1.31. The molecular formula is C13H12BrN3O2. The summed E-state index contributed by atoms with van der Waals surface area (Å²) in [5, 5.41) is 3.12. The van der Waals surface area contributed by atoms with Gasteiger partial charge >= 0.3 is 5.97 Å². The zero-order valence-electron chi connectivity index (χ0n) is 10.5. The fourth-order valence-corrected chi connectivity index (χ4v) is 1.88. The highest BCUT2D eigenvalue weighted by Crippen LogP contribution is 2.25. The van der Waals surface area contributed by atoms with E-state index in [1.165, 1.54) is 13.3 Å². The van der Waals surface area contributed by atoms with Gasteiger partial charge < -0.3 is 10.1 Å². The van der Waals surface area contributed by atoms with E-state index in [0.717, 1.165) is 15.7 Å². The Morgan fingerprint density at radius 2 is 2.16 bits per heavy atom. The Labute approximate surface area is 119 Å². The van der Waals surface area contributed by atoms with Crippen molar-refractivity contribution in [1.82, 2.24) is 9.97 Å². The molecule has 0 aliphatic carbocycles. The van der Waals surface area contributed by atoms with Gasteiger partial charge in [-0.1, -0.05) is 22.0 Å². The number of ether oxygens (including phenoxy) is 1. The average Bonchev–Trinajstić information content (AvgIpc) is 2.43. The van der Waals surface area contributed by atoms with Crippen molar-refractivity contribution < 1.29 is 9.53 Å². The minimum absolute atomic E-state index is 0.167. The first-order chi connectivity index (χ1) is 9.11. The molecule has 98 valence electrons. The highest BCUT2D eigenvalue weighted by atomic mass is 79.9. The van der Waals surface area contributed by atoms with Gasteiger partial charge in [-0.2, -0.15) is 0 Å². The smallest absolute Gasteiger partial charge is 0.358 e. The number of nitrogens with zero attached hydrogens (tertiary/aromatic N) is 2. The van der Waals surface area contributed by atoms with Crippen LogP contribution in [0.4, 0.5) is 11.5 Å². The zero-order valence-corrected chi connectivity index (χ0v) is 12.1. The number of carbonyl (C=O) groups is 1. The Morgan fingerprint density at radius 1 is 1.37 bits per heavy atom. The van der Waals surface area contributed by atoms with E-state index in [0.29, 0.717) is 5.82 Å². The van der Waals surface area contributed by atoms with E-state index in [9.17, 15) is 4.79 Å². The first-order valence-corrected chi connectivity index (χ1v) is 6.33. The number of benzene rings is 1. The molecule has 0 saturated heterocycles. The monoisotopic (exact) mass is 321 g/mol. The molecule has 1 heterocycles. The lowest BCUT2D eigenvalue weighted by molar-refractivity contribution is 0.0593. The molecule has 2 aromatic rings. The van der Waals surface area contributed by atoms with Crippen LogP contribution in [0, 0.1) is 6.92 Å². The summed E-state index contributed by atoms with van der Waals surface area (Å²) in [6.07, 6.45) is 2.91. The summed E-state index contributed by atoms with van der Waals surface area (Å²) in [6.45, 7) is 1.98. The van der Waals surface area contributed by atoms with Crippen LogP contribution in [0.5, 0.6) is 0 Å². The number of anilines is 2. The Balaban J connectivity index is 2.28. The molecule has 0 radical (unpaired) electrons. The van der Waals surface area contributed by atoms with E-state index in [1.54, 1.807) is 6.20 Å². The number of hydrogen-bond acceptors (Lipinski definition) is 5. The van der Waals surface area contributed by atoms with Gasteiger partial charge in [0.05, 0.1) is 19.5 Å². The number of esters is 1. The molecule has 0 fully saturated rings. The molecule has 0 aliphatic rings. The molecule has 1 N–H and O–H groups in total. The molecule has 2 rings (SSSR count). The van der Waals surface area contributed by atoms with Gasteiger partial charge in [0, 0.05) is 10.2 Å². The fraction of sp³-hybridized carbons (Fsp3) is 0.154. The largest absolute Gasteiger partial charge is 0.464 e. The Morgan fingerprint density at radius 3 is 2.89 bits per heavy atom. The normalized spacial score (nSPS) is 10.1. The molecule has 19 heavy (non-hydrogen) atoms. The van der Waals surface area contributed by atoms with Crippen LogP contribution >= 0.6 is 15.9 Å². The van der Waals surface area contributed by atoms with Crippen LogP contribution in [0.1, 0.15) is 16.1 Å². The second-order valence-corrected chi connectivity index (χ2v) is 4.67. The standard InChI is InChI=1S/C13H12BrN3O2/c1-8-9(14)4-3-5-10(8)16-12-7-15-6-11(17-12)13(18)19-2/h3-7H,1-2H3,(H,16,17). The van der Waals surface area contributed by atoms with Crippen molar-refractivity contribution in [2.75, 3.05) is 12.4 Å². The molecule has 6 heteroatoms. The van der Waals surface area contributed by atoms with E-state index in [1.807, 2.05) is 25.1 Å². The summed E-state index contributed by atoms with van der Waals surface area (Å²) in [6, 6.07) is 5.79. The van der Waals surface area contributed by atoms with Crippen molar-refractivity contribution >= 4 is 33.4 Å². The molecule has 0 saturated carbocycles. The lowest BCUT2D eigenvalue weighted by Crippen LogP contribution is -2.07. The van der Waals surface area contributed by atoms with Crippen molar-refractivity contribution in [2.45, 2.75) is 6.92 Å². The van der Waals surface area contributed by atoms with Gasteiger partial charge in [-0.15, -0.1) is 0 Å². The Hall–Kier alpha value is -1.95. The number of halogens is 1. The van der Waals surface area contributed by atoms with Crippen LogP contribution < -0.4 is 5.32 Å². The third-order valence-electron chi connectivity index (χ3n) is 2.56. The van der Waals surface area contributed by atoms with Gasteiger partial charge in [-0.3, -0.25) is 4.98 Å². The SMILES string of the molecule is COC(=O)c1cncc(Nc2cccc(Br)c2C)n1.